The lowest BCUT2D eigenvalue weighted by molar-refractivity contribution is -0.385. The van der Waals surface area contributed by atoms with Gasteiger partial charge >= 0.3 is 0 Å². The standard InChI is InChI=1S/C19H20N4O5/c1-3-28-17-10-5-4-7-14(17)11-21-22-18(24)12-20-19(25)15-8-6-9-16(13(15)2)23(26)27/h4-11H,3,12H2,1-2H3,(H,20,25)(H,22,24)/b21-11+. The molecule has 9 heteroatoms. The first-order valence-electron chi connectivity index (χ1n) is 8.50. The van der Waals surface area contributed by atoms with E-state index in [0.29, 0.717) is 17.9 Å². The molecule has 28 heavy (non-hydrogen) atoms. The minimum atomic E-state index is -0.581. The molecular formula is C19H20N4O5. The third kappa shape index (κ3) is 5.37. The van der Waals surface area contributed by atoms with Crippen molar-refractivity contribution in [3.63, 3.8) is 0 Å². The van der Waals surface area contributed by atoms with Crippen LogP contribution in [0, 0.1) is 17.0 Å². The smallest absolute Gasteiger partial charge is 0.273 e. The van der Waals surface area contributed by atoms with E-state index in [1.807, 2.05) is 19.1 Å². The second kappa shape index (κ2) is 9.81. The van der Waals surface area contributed by atoms with Crippen molar-refractivity contribution >= 4 is 23.7 Å². The molecule has 0 saturated heterocycles. The van der Waals surface area contributed by atoms with Crippen molar-refractivity contribution in [3.05, 3.63) is 69.3 Å². The Hall–Kier alpha value is -3.75. The number of hydrogen-bond donors (Lipinski definition) is 2. The number of ether oxygens (including phenoxy) is 1. The Kier molecular flexibility index (Phi) is 7.21. The Balaban J connectivity index is 1.92. The van der Waals surface area contributed by atoms with E-state index in [1.165, 1.54) is 31.3 Å². The summed E-state index contributed by atoms with van der Waals surface area (Å²) in [6, 6.07) is 11.4. The largest absolute Gasteiger partial charge is 0.493 e. The van der Waals surface area contributed by atoms with Crippen molar-refractivity contribution in [3.8, 4) is 5.75 Å². The molecule has 2 N–H and O–H groups in total. The fourth-order valence-electron chi connectivity index (χ4n) is 2.41. The molecule has 9 nitrogen and oxygen atoms in total. The molecule has 2 aromatic rings. The number of nitrogens with one attached hydrogen (secondary N) is 2. The van der Waals surface area contributed by atoms with Crippen LogP contribution < -0.4 is 15.5 Å². The van der Waals surface area contributed by atoms with E-state index >= 15 is 0 Å². The van der Waals surface area contributed by atoms with Crippen molar-refractivity contribution in [2.45, 2.75) is 13.8 Å². The van der Waals surface area contributed by atoms with Crippen LogP contribution in [0.25, 0.3) is 0 Å². The Bertz CT molecular complexity index is 911. The van der Waals surface area contributed by atoms with Gasteiger partial charge in [0.25, 0.3) is 17.5 Å². The first kappa shape index (κ1) is 20.6. The molecule has 2 rings (SSSR count). The molecule has 0 aliphatic rings. The molecule has 0 bridgehead atoms. The number of carbonyl (C=O) groups is 2. The molecule has 0 spiro atoms. The van der Waals surface area contributed by atoms with E-state index < -0.39 is 16.7 Å². The summed E-state index contributed by atoms with van der Waals surface area (Å²) in [4.78, 5) is 34.4. The summed E-state index contributed by atoms with van der Waals surface area (Å²) in [5.74, 6) is -0.485. The Labute approximate surface area is 161 Å². The predicted molar refractivity (Wildman–Crippen MR) is 104 cm³/mol. The maximum Gasteiger partial charge on any atom is 0.273 e. The summed E-state index contributed by atoms with van der Waals surface area (Å²) in [5, 5.41) is 17.2. The third-order valence-corrected chi connectivity index (χ3v) is 3.77. The van der Waals surface area contributed by atoms with E-state index in [0.717, 1.165) is 0 Å². The van der Waals surface area contributed by atoms with Gasteiger partial charge in [-0.05, 0) is 32.0 Å². The van der Waals surface area contributed by atoms with E-state index in [4.69, 9.17) is 4.74 Å². The van der Waals surface area contributed by atoms with Crippen LogP contribution in [-0.4, -0.2) is 36.1 Å². The first-order valence-corrected chi connectivity index (χ1v) is 8.50. The van der Waals surface area contributed by atoms with Gasteiger partial charge in [-0.1, -0.05) is 18.2 Å². The van der Waals surface area contributed by atoms with Crippen LogP contribution in [0.3, 0.4) is 0 Å². The van der Waals surface area contributed by atoms with Crippen molar-refractivity contribution in [1.82, 2.24) is 10.7 Å². The number of hydrogen-bond acceptors (Lipinski definition) is 6. The number of nitro benzene ring substituents is 1. The zero-order valence-electron chi connectivity index (χ0n) is 15.5. The minimum Gasteiger partial charge on any atom is -0.493 e. The van der Waals surface area contributed by atoms with Crippen molar-refractivity contribution in [2.75, 3.05) is 13.2 Å². The van der Waals surface area contributed by atoms with Gasteiger partial charge in [-0.2, -0.15) is 5.10 Å². The van der Waals surface area contributed by atoms with Crippen LogP contribution in [0.4, 0.5) is 5.69 Å². The Morgan fingerprint density at radius 1 is 1.21 bits per heavy atom. The second-order valence-electron chi connectivity index (χ2n) is 5.65. The van der Waals surface area contributed by atoms with E-state index in [2.05, 4.69) is 15.8 Å². The predicted octanol–water partition coefficient (Wildman–Crippen LogP) is 2.18. The highest BCUT2D eigenvalue weighted by Crippen LogP contribution is 2.20. The van der Waals surface area contributed by atoms with Gasteiger partial charge in [0.2, 0.25) is 0 Å². The highest BCUT2D eigenvalue weighted by molar-refractivity contribution is 5.98. The lowest BCUT2D eigenvalue weighted by Crippen LogP contribution is -2.35. The Morgan fingerprint density at radius 2 is 1.96 bits per heavy atom. The monoisotopic (exact) mass is 384 g/mol. The van der Waals surface area contributed by atoms with Crippen molar-refractivity contribution in [1.29, 1.82) is 0 Å². The highest BCUT2D eigenvalue weighted by atomic mass is 16.6. The number of nitro groups is 1. The number of amides is 2. The number of nitrogens with zero attached hydrogens (tertiary/aromatic N) is 2. The van der Waals surface area contributed by atoms with Gasteiger partial charge in [0.05, 0.1) is 24.3 Å². The molecule has 0 fully saturated rings. The van der Waals surface area contributed by atoms with Gasteiger partial charge in [-0.15, -0.1) is 0 Å². The lowest BCUT2D eigenvalue weighted by atomic mass is 10.1. The van der Waals surface area contributed by atoms with Crippen LogP contribution in [0.5, 0.6) is 5.75 Å². The highest BCUT2D eigenvalue weighted by Gasteiger charge is 2.18. The summed E-state index contributed by atoms with van der Waals surface area (Å²) in [5.41, 5.74) is 3.21. The molecule has 0 unspecified atom stereocenters. The molecule has 2 amide bonds. The van der Waals surface area contributed by atoms with Gasteiger partial charge in [0, 0.05) is 22.8 Å². The average molecular weight is 384 g/mol. The molecule has 146 valence electrons. The van der Waals surface area contributed by atoms with Gasteiger partial charge < -0.3 is 10.1 Å². The normalized spacial score (nSPS) is 10.5. The Morgan fingerprint density at radius 3 is 2.68 bits per heavy atom. The summed E-state index contributed by atoms with van der Waals surface area (Å²) < 4.78 is 5.45. The number of carbonyl (C=O) groups excluding carboxylic acids is 2. The zero-order chi connectivity index (χ0) is 20.5. The molecule has 0 aliphatic carbocycles. The number of benzene rings is 2. The molecule has 0 aromatic heterocycles. The zero-order valence-corrected chi connectivity index (χ0v) is 15.5. The topological polar surface area (TPSA) is 123 Å². The number of hydrazone groups is 1. The molecule has 0 heterocycles. The van der Waals surface area contributed by atoms with E-state index in [9.17, 15) is 19.7 Å². The second-order valence-corrected chi connectivity index (χ2v) is 5.65. The van der Waals surface area contributed by atoms with Crippen LogP contribution in [-0.2, 0) is 4.79 Å². The van der Waals surface area contributed by atoms with Gasteiger partial charge in [-0.3, -0.25) is 19.7 Å². The van der Waals surface area contributed by atoms with Crippen LogP contribution >= 0.6 is 0 Å². The molecular weight excluding hydrogens is 364 g/mol. The fraction of sp³-hybridized carbons (Fsp3) is 0.211. The maximum atomic E-state index is 12.2. The fourth-order valence-corrected chi connectivity index (χ4v) is 2.41. The SMILES string of the molecule is CCOc1ccccc1/C=N/NC(=O)CNC(=O)c1cccc([N+](=O)[O-])c1C. The first-order chi connectivity index (χ1) is 13.4. The molecule has 0 saturated carbocycles. The number of rotatable bonds is 8. The van der Waals surface area contributed by atoms with Crippen molar-refractivity contribution in [2.24, 2.45) is 5.10 Å². The van der Waals surface area contributed by atoms with Crippen LogP contribution in [0.15, 0.2) is 47.6 Å². The summed E-state index contributed by atoms with van der Waals surface area (Å²) in [7, 11) is 0. The number of para-hydroxylation sites is 1. The lowest BCUT2D eigenvalue weighted by Gasteiger charge is -2.07. The van der Waals surface area contributed by atoms with Gasteiger partial charge in [0.15, 0.2) is 0 Å². The summed E-state index contributed by atoms with van der Waals surface area (Å²) in [6.45, 7) is 3.51. The summed E-state index contributed by atoms with van der Waals surface area (Å²) in [6.07, 6.45) is 1.44. The molecule has 0 radical (unpaired) electrons. The maximum absolute atomic E-state index is 12.2. The van der Waals surface area contributed by atoms with Crippen LogP contribution in [0.1, 0.15) is 28.4 Å². The average Bonchev–Trinajstić information content (AvgIpc) is 2.67. The summed E-state index contributed by atoms with van der Waals surface area (Å²) >= 11 is 0. The molecule has 0 aliphatic heterocycles. The quantitative estimate of drug-likeness (QED) is 0.410. The third-order valence-electron chi connectivity index (χ3n) is 3.77. The van der Waals surface area contributed by atoms with Crippen molar-refractivity contribution < 1.29 is 19.2 Å². The van der Waals surface area contributed by atoms with E-state index in [1.54, 1.807) is 12.1 Å². The minimum absolute atomic E-state index is 0.135. The van der Waals surface area contributed by atoms with E-state index in [-0.39, 0.29) is 23.4 Å². The van der Waals surface area contributed by atoms with Gasteiger partial charge in [0.1, 0.15) is 5.75 Å². The molecule has 2 aromatic carbocycles. The van der Waals surface area contributed by atoms with Gasteiger partial charge in [-0.25, -0.2) is 5.43 Å². The van der Waals surface area contributed by atoms with Crippen LogP contribution in [0.2, 0.25) is 0 Å². The molecule has 0 atom stereocenters.